The number of carbonyl (C=O) groups is 1. The van der Waals surface area contributed by atoms with E-state index in [4.69, 9.17) is 4.42 Å². The lowest BCUT2D eigenvalue weighted by atomic mass is 10.0. The molecule has 146 valence electrons. The van der Waals surface area contributed by atoms with Crippen LogP contribution in [0.3, 0.4) is 0 Å². The average Bonchev–Trinajstić information content (AvgIpc) is 3.33. The molecule has 0 N–H and O–H groups in total. The number of carbonyl (C=O) groups excluding carboxylic acids is 1. The predicted molar refractivity (Wildman–Crippen MR) is 106 cm³/mol. The molecule has 1 atom stereocenters. The van der Waals surface area contributed by atoms with Crippen molar-refractivity contribution in [2.24, 2.45) is 5.92 Å². The lowest BCUT2D eigenvalue weighted by molar-refractivity contribution is 0.0786. The molecule has 0 saturated carbocycles. The fourth-order valence-electron chi connectivity index (χ4n) is 3.43. The van der Waals surface area contributed by atoms with Crippen LogP contribution in [0.2, 0.25) is 0 Å². The maximum Gasteiger partial charge on any atom is 0.275 e. The van der Waals surface area contributed by atoms with Crippen LogP contribution in [0, 0.1) is 12.8 Å². The molecule has 0 spiro atoms. The molecule has 0 bridgehead atoms. The first kappa shape index (κ1) is 19.6. The smallest absolute Gasteiger partial charge is 0.275 e. The van der Waals surface area contributed by atoms with Crippen molar-refractivity contribution >= 4 is 5.91 Å². The van der Waals surface area contributed by atoms with Crippen molar-refractivity contribution in [3.63, 3.8) is 0 Å². The van der Waals surface area contributed by atoms with Crippen LogP contribution in [0.4, 0.5) is 0 Å². The molecule has 5 heteroatoms. The van der Waals surface area contributed by atoms with Crippen LogP contribution in [-0.2, 0) is 13.1 Å². The molecule has 0 aliphatic carbocycles. The molecular weight excluding hydrogens is 338 g/mol. The number of hydrogen-bond donors (Lipinski definition) is 0. The van der Waals surface area contributed by atoms with E-state index < -0.39 is 0 Å². The first-order chi connectivity index (χ1) is 12.9. The number of rotatable bonds is 7. The highest BCUT2D eigenvalue weighted by molar-refractivity contribution is 5.92. The number of nitrogens with zero attached hydrogens (tertiary/aromatic N) is 3. The Kier molecular flexibility index (Phi) is 6.32. The molecule has 27 heavy (non-hydrogen) atoms. The maximum absolute atomic E-state index is 12.5. The van der Waals surface area contributed by atoms with Gasteiger partial charge in [0.1, 0.15) is 6.26 Å². The molecule has 2 heterocycles. The molecule has 1 fully saturated rings. The zero-order valence-electron chi connectivity index (χ0n) is 16.9. The fourth-order valence-corrected chi connectivity index (χ4v) is 3.43. The summed E-state index contributed by atoms with van der Waals surface area (Å²) >= 11 is 0. The minimum atomic E-state index is -0.00973. The maximum atomic E-state index is 12.5. The topological polar surface area (TPSA) is 49.6 Å². The van der Waals surface area contributed by atoms with Crippen LogP contribution < -0.4 is 0 Å². The van der Waals surface area contributed by atoms with E-state index in [-0.39, 0.29) is 5.91 Å². The molecular formula is C22H31N3O2. The van der Waals surface area contributed by atoms with Crippen molar-refractivity contribution in [3.05, 3.63) is 53.2 Å². The van der Waals surface area contributed by atoms with E-state index >= 15 is 0 Å². The van der Waals surface area contributed by atoms with Gasteiger partial charge in [-0.2, -0.15) is 0 Å². The zero-order chi connectivity index (χ0) is 19.4. The summed E-state index contributed by atoms with van der Waals surface area (Å²) < 4.78 is 5.66. The zero-order valence-corrected chi connectivity index (χ0v) is 16.9. The van der Waals surface area contributed by atoms with Gasteiger partial charge in [0.25, 0.3) is 5.91 Å². The first-order valence-electron chi connectivity index (χ1n) is 9.97. The SMILES string of the molecule is Cc1ccc(CN(Cc2nc(C(=O)N3CCCC3)co2)C(C)C(C)C)cc1. The van der Waals surface area contributed by atoms with Crippen LogP contribution in [0.5, 0.6) is 0 Å². The first-order valence-corrected chi connectivity index (χ1v) is 9.97. The normalized spacial score (nSPS) is 15.7. The summed E-state index contributed by atoms with van der Waals surface area (Å²) in [7, 11) is 0. The van der Waals surface area contributed by atoms with E-state index in [0.29, 0.717) is 30.1 Å². The van der Waals surface area contributed by atoms with E-state index in [1.807, 2.05) is 4.90 Å². The van der Waals surface area contributed by atoms with E-state index in [1.54, 1.807) is 0 Å². The van der Waals surface area contributed by atoms with Crippen LogP contribution >= 0.6 is 0 Å². The monoisotopic (exact) mass is 369 g/mol. The van der Waals surface area contributed by atoms with E-state index in [1.165, 1.54) is 17.4 Å². The lowest BCUT2D eigenvalue weighted by Crippen LogP contribution is -2.36. The number of hydrogen-bond acceptors (Lipinski definition) is 4. The molecule has 5 nitrogen and oxygen atoms in total. The minimum Gasteiger partial charge on any atom is -0.447 e. The lowest BCUT2D eigenvalue weighted by Gasteiger charge is -2.30. The van der Waals surface area contributed by atoms with Gasteiger partial charge in [-0.05, 0) is 38.2 Å². The van der Waals surface area contributed by atoms with Crippen LogP contribution in [-0.4, -0.2) is 39.8 Å². The third-order valence-corrected chi connectivity index (χ3v) is 5.55. The third-order valence-electron chi connectivity index (χ3n) is 5.55. The number of aryl methyl sites for hydroxylation is 1. The van der Waals surface area contributed by atoms with Gasteiger partial charge >= 0.3 is 0 Å². The van der Waals surface area contributed by atoms with Gasteiger partial charge < -0.3 is 9.32 Å². The quantitative estimate of drug-likeness (QED) is 0.731. The number of likely N-dealkylation sites (tertiary alicyclic amines) is 1. The van der Waals surface area contributed by atoms with Gasteiger partial charge in [0.15, 0.2) is 5.69 Å². The van der Waals surface area contributed by atoms with Gasteiger partial charge in [0.05, 0.1) is 6.54 Å². The van der Waals surface area contributed by atoms with Crippen LogP contribution in [0.1, 0.15) is 61.1 Å². The minimum absolute atomic E-state index is 0.00973. The van der Waals surface area contributed by atoms with Gasteiger partial charge in [0.2, 0.25) is 5.89 Å². The molecule has 1 saturated heterocycles. The summed E-state index contributed by atoms with van der Waals surface area (Å²) in [6.07, 6.45) is 3.67. The molecule has 2 aromatic rings. The summed E-state index contributed by atoms with van der Waals surface area (Å²) in [4.78, 5) is 21.2. The van der Waals surface area contributed by atoms with Gasteiger partial charge in [-0.15, -0.1) is 0 Å². The number of oxazole rings is 1. The highest BCUT2D eigenvalue weighted by atomic mass is 16.3. The Morgan fingerprint density at radius 1 is 1.15 bits per heavy atom. The van der Waals surface area contributed by atoms with Crippen molar-refractivity contribution in [3.8, 4) is 0 Å². The number of benzene rings is 1. The average molecular weight is 370 g/mol. The highest BCUT2D eigenvalue weighted by Crippen LogP contribution is 2.19. The van der Waals surface area contributed by atoms with Gasteiger partial charge in [-0.25, -0.2) is 4.98 Å². The largest absolute Gasteiger partial charge is 0.447 e. The van der Waals surface area contributed by atoms with E-state index in [9.17, 15) is 4.79 Å². The van der Waals surface area contributed by atoms with E-state index in [0.717, 1.165) is 32.5 Å². The van der Waals surface area contributed by atoms with E-state index in [2.05, 4.69) is 61.8 Å². The summed E-state index contributed by atoms with van der Waals surface area (Å²) in [6, 6.07) is 9.01. The van der Waals surface area contributed by atoms with Crippen molar-refractivity contribution in [2.45, 2.75) is 59.7 Å². The molecule has 0 radical (unpaired) electrons. The van der Waals surface area contributed by atoms with Gasteiger partial charge in [-0.3, -0.25) is 9.69 Å². The molecule has 3 rings (SSSR count). The van der Waals surface area contributed by atoms with Gasteiger partial charge in [-0.1, -0.05) is 43.7 Å². The second kappa shape index (κ2) is 8.70. The second-order valence-electron chi connectivity index (χ2n) is 8.00. The highest BCUT2D eigenvalue weighted by Gasteiger charge is 2.24. The fraction of sp³-hybridized carbons (Fsp3) is 0.545. The van der Waals surface area contributed by atoms with Crippen molar-refractivity contribution < 1.29 is 9.21 Å². The molecule has 1 aromatic carbocycles. The third kappa shape index (κ3) is 4.98. The Labute approximate surface area is 162 Å². The van der Waals surface area contributed by atoms with Crippen LogP contribution in [0.25, 0.3) is 0 Å². The Morgan fingerprint density at radius 3 is 2.44 bits per heavy atom. The number of amides is 1. The van der Waals surface area contributed by atoms with Crippen molar-refractivity contribution in [1.82, 2.24) is 14.8 Å². The molecule has 1 unspecified atom stereocenters. The predicted octanol–water partition coefficient (Wildman–Crippen LogP) is 4.27. The second-order valence-corrected chi connectivity index (χ2v) is 8.00. The summed E-state index contributed by atoms with van der Waals surface area (Å²) in [5.41, 5.74) is 2.97. The summed E-state index contributed by atoms with van der Waals surface area (Å²) in [6.45, 7) is 11.9. The van der Waals surface area contributed by atoms with Crippen molar-refractivity contribution in [1.29, 1.82) is 0 Å². The molecule has 1 aliphatic heterocycles. The summed E-state index contributed by atoms with van der Waals surface area (Å²) in [5.74, 6) is 1.11. The molecule has 1 amide bonds. The Bertz CT molecular complexity index is 745. The Balaban J connectivity index is 1.71. The Morgan fingerprint density at radius 2 is 1.81 bits per heavy atom. The Hall–Kier alpha value is -2.14. The van der Waals surface area contributed by atoms with Gasteiger partial charge in [0, 0.05) is 25.7 Å². The standard InChI is InChI=1S/C22H31N3O2/c1-16(2)18(4)25(13-19-9-7-17(3)8-10-19)14-21-23-20(15-27-21)22(26)24-11-5-6-12-24/h7-10,15-16,18H,5-6,11-14H2,1-4H3. The number of aromatic nitrogens is 1. The van der Waals surface area contributed by atoms with Crippen LogP contribution in [0.15, 0.2) is 34.9 Å². The molecule has 1 aromatic heterocycles. The molecule has 1 aliphatic rings. The van der Waals surface area contributed by atoms with Crippen molar-refractivity contribution in [2.75, 3.05) is 13.1 Å². The summed E-state index contributed by atoms with van der Waals surface area (Å²) in [5, 5.41) is 0.